The number of ether oxygens (including phenoxy) is 1. The molecule has 0 amide bonds. The summed E-state index contributed by atoms with van der Waals surface area (Å²) in [4.78, 5) is 0. The van der Waals surface area contributed by atoms with Crippen molar-refractivity contribution in [3.05, 3.63) is 35.9 Å². The van der Waals surface area contributed by atoms with Gasteiger partial charge in [-0.1, -0.05) is 30.3 Å². The molecule has 0 unspecified atom stereocenters. The van der Waals surface area contributed by atoms with Crippen LogP contribution in [0.3, 0.4) is 0 Å². The van der Waals surface area contributed by atoms with Crippen LogP contribution in [0.25, 0.3) is 0 Å². The zero-order valence-electron chi connectivity index (χ0n) is 9.71. The van der Waals surface area contributed by atoms with Crippen LogP contribution in [-0.2, 0) is 11.3 Å². The van der Waals surface area contributed by atoms with Crippen LogP contribution in [0.15, 0.2) is 30.3 Å². The average Bonchev–Trinajstić information content (AvgIpc) is 2.19. The van der Waals surface area contributed by atoms with Crippen molar-refractivity contribution in [1.82, 2.24) is 0 Å². The quantitative estimate of drug-likeness (QED) is 0.636. The monoisotopic (exact) mass is 215 g/mol. The Balaban J connectivity index is -0.000000195. The van der Waals surface area contributed by atoms with Gasteiger partial charge in [0.25, 0.3) is 0 Å². The third-order valence-corrected chi connectivity index (χ3v) is 1.31. The molecule has 0 aromatic heterocycles. The van der Waals surface area contributed by atoms with Crippen molar-refractivity contribution in [3.63, 3.8) is 0 Å². The summed E-state index contributed by atoms with van der Waals surface area (Å²) in [6, 6.07) is 9.99. The van der Waals surface area contributed by atoms with E-state index in [9.17, 15) is 13.2 Å². The molecule has 0 saturated carbocycles. The van der Waals surface area contributed by atoms with Crippen molar-refractivity contribution >= 4 is 0 Å². The maximum Gasteiger partial charge on any atom is 1.00 e. The minimum absolute atomic E-state index is 0. The molecule has 82 valence electrons. The first-order valence-corrected chi connectivity index (χ1v) is 3.85. The summed E-state index contributed by atoms with van der Waals surface area (Å²) in [5.74, 6) is 0. The van der Waals surface area contributed by atoms with E-state index in [0.29, 0.717) is 13.7 Å². The molecule has 0 aliphatic heterocycles. The van der Waals surface area contributed by atoms with Crippen molar-refractivity contribution in [2.24, 2.45) is 5.73 Å². The van der Waals surface area contributed by atoms with Crippen LogP contribution in [0.2, 0.25) is 0 Å². The number of rotatable bonds is 1. The van der Waals surface area contributed by atoms with E-state index in [0.717, 1.165) is 0 Å². The summed E-state index contributed by atoms with van der Waals surface area (Å²) in [5, 5.41) is 0. The van der Waals surface area contributed by atoms with Crippen molar-refractivity contribution in [1.29, 1.82) is 0 Å². The minimum Gasteiger partial charge on any atom is -1.00 e. The van der Waals surface area contributed by atoms with Gasteiger partial charge < -0.3 is 7.16 Å². The van der Waals surface area contributed by atoms with Gasteiger partial charge in [0.15, 0.2) is 0 Å². The summed E-state index contributed by atoms with van der Waals surface area (Å²) in [5.41, 5.74) is 6.54. The largest absolute Gasteiger partial charge is 1.00 e. The van der Waals surface area contributed by atoms with Crippen molar-refractivity contribution in [3.8, 4) is 0 Å². The molecule has 0 heterocycles. The molecule has 0 atom stereocenters. The molecule has 1 aromatic rings. The Morgan fingerprint density at radius 1 is 1.27 bits per heavy atom. The smallest absolute Gasteiger partial charge is 1.00 e. The van der Waals surface area contributed by atoms with Crippen LogP contribution in [0.1, 0.15) is 6.99 Å². The van der Waals surface area contributed by atoms with Crippen LogP contribution >= 0.6 is 0 Å². The SMILES string of the molecule is COC(F)(F)F.NCc1ccccc1.[H-].[Li+]. The summed E-state index contributed by atoms with van der Waals surface area (Å²) < 4.78 is 34.6. The average molecular weight is 215 g/mol. The summed E-state index contributed by atoms with van der Waals surface area (Å²) in [6.45, 7) is 0.640. The molecule has 15 heavy (non-hydrogen) atoms. The van der Waals surface area contributed by atoms with E-state index in [-0.39, 0.29) is 20.3 Å². The molecule has 6 heteroatoms. The van der Waals surface area contributed by atoms with E-state index in [1.807, 2.05) is 30.3 Å². The fourth-order valence-electron chi connectivity index (χ4n) is 0.614. The molecule has 2 N–H and O–H groups in total. The number of hydrogen-bond acceptors (Lipinski definition) is 2. The van der Waals surface area contributed by atoms with Gasteiger partial charge in [0, 0.05) is 13.7 Å². The van der Waals surface area contributed by atoms with Gasteiger partial charge in [0.05, 0.1) is 0 Å². The fraction of sp³-hybridized carbons (Fsp3) is 0.333. The van der Waals surface area contributed by atoms with Gasteiger partial charge in [0.2, 0.25) is 0 Å². The normalized spacial score (nSPS) is 9.67. The number of benzene rings is 1. The minimum atomic E-state index is -4.46. The maximum absolute atomic E-state index is 10.6. The second-order valence-electron chi connectivity index (χ2n) is 2.34. The molecular formula is C9H13F3LiNO. The van der Waals surface area contributed by atoms with Gasteiger partial charge in [-0.3, -0.25) is 4.74 Å². The number of alkyl halides is 3. The Bertz CT molecular complexity index is 246. The first-order valence-electron chi connectivity index (χ1n) is 3.85. The van der Waals surface area contributed by atoms with E-state index < -0.39 is 6.36 Å². The zero-order valence-corrected chi connectivity index (χ0v) is 8.71. The summed E-state index contributed by atoms with van der Waals surface area (Å²) in [6.07, 6.45) is -4.46. The number of methoxy groups -OCH3 is 1. The predicted molar refractivity (Wildman–Crippen MR) is 48.5 cm³/mol. The number of nitrogens with two attached hydrogens (primary N) is 1. The zero-order chi connectivity index (χ0) is 11.0. The van der Waals surface area contributed by atoms with Gasteiger partial charge in [-0.05, 0) is 5.56 Å². The van der Waals surface area contributed by atoms with Crippen LogP contribution in [0.4, 0.5) is 13.2 Å². The Morgan fingerprint density at radius 2 is 1.67 bits per heavy atom. The first kappa shape index (κ1) is 16.9. The predicted octanol–water partition coefficient (Wildman–Crippen LogP) is -0.586. The van der Waals surface area contributed by atoms with Crippen molar-refractivity contribution < 1.29 is 38.2 Å². The van der Waals surface area contributed by atoms with Crippen LogP contribution in [0, 0.1) is 0 Å². The van der Waals surface area contributed by atoms with E-state index in [1.165, 1.54) is 5.56 Å². The van der Waals surface area contributed by atoms with Crippen LogP contribution in [-0.4, -0.2) is 13.5 Å². The molecular weight excluding hydrogens is 202 g/mol. The Morgan fingerprint density at radius 3 is 1.87 bits per heavy atom. The molecule has 0 radical (unpaired) electrons. The summed E-state index contributed by atoms with van der Waals surface area (Å²) in [7, 11) is 0.583. The second kappa shape index (κ2) is 8.81. The Kier molecular flexibility index (Phi) is 9.94. The molecule has 0 bridgehead atoms. The Hall–Kier alpha value is -0.473. The first-order chi connectivity index (χ1) is 6.49. The molecule has 0 aliphatic carbocycles. The van der Waals surface area contributed by atoms with Gasteiger partial charge >= 0.3 is 25.2 Å². The topological polar surface area (TPSA) is 35.2 Å². The maximum atomic E-state index is 10.6. The Labute approximate surface area is 100 Å². The van der Waals surface area contributed by atoms with Gasteiger partial charge in [-0.25, -0.2) is 0 Å². The number of hydrogen-bond donors (Lipinski definition) is 1. The molecule has 1 aromatic carbocycles. The second-order valence-corrected chi connectivity index (χ2v) is 2.34. The van der Waals surface area contributed by atoms with E-state index in [2.05, 4.69) is 4.74 Å². The van der Waals surface area contributed by atoms with E-state index >= 15 is 0 Å². The molecule has 2 nitrogen and oxygen atoms in total. The van der Waals surface area contributed by atoms with Crippen molar-refractivity contribution in [2.75, 3.05) is 7.11 Å². The van der Waals surface area contributed by atoms with Gasteiger partial charge in [-0.2, -0.15) is 0 Å². The van der Waals surface area contributed by atoms with E-state index in [1.54, 1.807) is 0 Å². The summed E-state index contributed by atoms with van der Waals surface area (Å²) >= 11 is 0. The molecule has 1 rings (SSSR count). The van der Waals surface area contributed by atoms with E-state index in [4.69, 9.17) is 5.73 Å². The van der Waals surface area contributed by atoms with Gasteiger partial charge in [0.1, 0.15) is 0 Å². The van der Waals surface area contributed by atoms with Crippen LogP contribution < -0.4 is 24.6 Å². The fourth-order valence-corrected chi connectivity index (χ4v) is 0.614. The molecule has 0 spiro atoms. The number of halogens is 3. The third kappa shape index (κ3) is 11.5. The molecule has 0 aliphatic rings. The molecule has 0 saturated heterocycles. The van der Waals surface area contributed by atoms with Crippen molar-refractivity contribution in [2.45, 2.75) is 12.9 Å². The van der Waals surface area contributed by atoms with Crippen LogP contribution in [0.5, 0.6) is 0 Å². The van der Waals surface area contributed by atoms with Gasteiger partial charge in [-0.15, -0.1) is 13.2 Å². The molecule has 0 fully saturated rings. The standard InChI is InChI=1S/C7H9N.C2H3F3O.Li.H/c8-6-7-4-2-1-3-5-7;1-6-2(3,4)5;;/h1-5H,6,8H2;1H3;;/q;;+1;-1. The third-order valence-electron chi connectivity index (χ3n) is 1.31.